The van der Waals surface area contributed by atoms with Gasteiger partial charge in [-0.15, -0.1) is 0 Å². The lowest BCUT2D eigenvalue weighted by Crippen LogP contribution is -2.40. The first-order chi connectivity index (χ1) is 14.2. The van der Waals surface area contributed by atoms with E-state index in [-0.39, 0.29) is 18.0 Å². The lowest BCUT2D eigenvalue weighted by atomic mass is 9.96. The molecule has 1 aromatic heterocycles. The second kappa shape index (κ2) is 8.16. The van der Waals surface area contributed by atoms with Crippen LogP contribution in [0.25, 0.3) is 0 Å². The number of halogens is 2. The Labute approximate surface area is 173 Å². The minimum atomic E-state index is -3.37. The summed E-state index contributed by atoms with van der Waals surface area (Å²) in [7, 11) is -3.37. The fourth-order valence-electron chi connectivity index (χ4n) is 4.23. The molecule has 7 nitrogen and oxygen atoms in total. The Morgan fingerprint density at radius 3 is 2.83 bits per heavy atom. The van der Waals surface area contributed by atoms with Crippen LogP contribution < -0.4 is 5.56 Å². The monoisotopic (exact) mass is 438 g/mol. The molecular formula is C20H24F2N4O3S. The summed E-state index contributed by atoms with van der Waals surface area (Å²) >= 11 is 0. The lowest BCUT2D eigenvalue weighted by Gasteiger charge is -2.33. The molecule has 0 radical (unpaired) electrons. The Morgan fingerprint density at radius 2 is 2.07 bits per heavy atom. The fraction of sp³-hybridized carbons (Fsp3) is 0.500. The predicted octanol–water partition coefficient (Wildman–Crippen LogP) is 1.75. The zero-order valence-corrected chi connectivity index (χ0v) is 17.5. The zero-order chi connectivity index (χ0) is 21.5. The van der Waals surface area contributed by atoms with Crippen molar-refractivity contribution in [1.29, 1.82) is 0 Å². The van der Waals surface area contributed by atoms with Crippen LogP contribution in [0.2, 0.25) is 0 Å². The molecule has 162 valence electrons. The Hall–Kier alpha value is -2.17. The average Bonchev–Trinajstić information content (AvgIpc) is 2.70. The number of sulfonamides is 1. The largest absolute Gasteiger partial charge is 0.310 e. The third kappa shape index (κ3) is 4.30. The highest BCUT2D eigenvalue weighted by Gasteiger charge is 2.29. The Bertz CT molecular complexity index is 1120. The maximum Gasteiger partial charge on any atom is 0.255 e. The van der Waals surface area contributed by atoms with E-state index in [0.717, 1.165) is 31.7 Å². The first kappa shape index (κ1) is 21.1. The van der Waals surface area contributed by atoms with Crippen molar-refractivity contribution < 1.29 is 17.2 Å². The number of rotatable bonds is 4. The molecule has 0 aliphatic carbocycles. The molecule has 30 heavy (non-hydrogen) atoms. The van der Waals surface area contributed by atoms with E-state index < -0.39 is 21.7 Å². The molecule has 10 heteroatoms. The van der Waals surface area contributed by atoms with Gasteiger partial charge in [0.05, 0.1) is 17.5 Å². The van der Waals surface area contributed by atoms with Crippen molar-refractivity contribution >= 4 is 10.0 Å². The van der Waals surface area contributed by atoms with Crippen LogP contribution in [-0.4, -0.2) is 53.5 Å². The second-order valence-corrected chi connectivity index (χ2v) is 9.99. The fourth-order valence-corrected chi connectivity index (χ4v) is 5.02. The molecular weight excluding hydrogens is 414 g/mol. The highest BCUT2D eigenvalue weighted by atomic mass is 32.2. The van der Waals surface area contributed by atoms with Gasteiger partial charge in [-0.3, -0.25) is 9.69 Å². The molecule has 3 heterocycles. The van der Waals surface area contributed by atoms with Crippen LogP contribution in [0.15, 0.2) is 23.0 Å². The molecule has 0 bridgehead atoms. The highest BCUT2D eigenvalue weighted by molar-refractivity contribution is 7.88. The summed E-state index contributed by atoms with van der Waals surface area (Å²) < 4.78 is 52.4. The third-order valence-corrected chi connectivity index (χ3v) is 7.09. The first-order valence-corrected chi connectivity index (χ1v) is 11.8. The smallest absolute Gasteiger partial charge is 0.255 e. The van der Waals surface area contributed by atoms with E-state index in [2.05, 4.69) is 9.97 Å². The van der Waals surface area contributed by atoms with Crippen LogP contribution in [0.5, 0.6) is 0 Å². The van der Waals surface area contributed by atoms with E-state index in [1.807, 2.05) is 4.90 Å². The second-order valence-electron chi connectivity index (χ2n) is 8.01. The van der Waals surface area contributed by atoms with Crippen LogP contribution in [0.1, 0.15) is 41.4 Å². The van der Waals surface area contributed by atoms with Crippen molar-refractivity contribution in [3.05, 3.63) is 62.8 Å². The summed E-state index contributed by atoms with van der Waals surface area (Å²) in [5.74, 6) is -1.13. The summed E-state index contributed by atoms with van der Waals surface area (Å²) in [6, 6.07) is 4.18. The number of piperidine rings is 1. The number of H-pyrrole nitrogens is 1. The maximum atomic E-state index is 14.0. The molecule has 1 atom stereocenters. The topological polar surface area (TPSA) is 86.4 Å². The number of hydrogen-bond donors (Lipinski definition) is 1. The van der Waals surface area contributed by atoms with E-state index in [0.29, 0.717) is 48.7 Å². The number of fused-ring (bicyclic) bond motifs is 1. The quantitative estimate of drug-likeness (QED) is 0.786. The number of aromatic nitrogens is 2. The maximum absolute atomic E-state index is 14.0. The number of aromatic amines is 1. The van der Waals surface area contributed by atoms with Crippen molar-refractivity contribution in [2.45, 2.75) is 38.3 Å². The van der Waals surface area contributed by atoms with Crippen LogP contribution in [0.4, 0.5) is 8.78 Å². The molecule has 1 N–H and O–H groups in total. The minimum Gasteiger partial charge on any atom is -0.310 e. The molecule has 2 aromatic rings. The zero-order valence-electron chi connectivity index (χ0n) is 16.7. The minimum absolute atomic E-state index is 0.0266. The summed E-state index contributed by atoms with van der Waals surface area (Å²) in [6.07, 6.45) is 3.21. The number of benzene rings is 1. The number of nitrogens with zero attached hydrogens (tertiary/aromatic N) is 3. The van der Waals surface area contributed by atoms with Gasteiger partial charge in [0.1, 0.15) is 5.82 Å². The van der Waals surface area contributed by atoms with Gasteiger partial charge in [0.15, 0.2) is 11.6 Å². The summed E-state index contributed by atoms with van der Waals surface area (Å²) in [4.78, 5) is 22.2. The van der Waals surface area contributed by atoms with Gasteiger partial charge in [-0.2, -0.15) is 4.31 Å². The molecule has 0 amide bonds. The summed E-state index contributed by atoms with van der Waals surface area (Å²) in [5, 5.41) is 0. The van der Waals surface area contributed by atoms with Gasteiger partial charge >= 0.3 is 0 Å². The van der Waals surface area contributed by atoms with Crippen LogP contribution in [0.3, 0.4) is 0 Å². The first-order valence-electron chi connectivity index (χ1n) is 9.94. The molecule has 2 aliphatic heterocycles. The molecule has 2 aliphatic rings. The van der Waals surface area contributed by atoms with Crippen molar-refractivity contribution in [3.63, 3.8) is 0 Å². The van der Waals surface area contributed by atoms with Gasteiger partial charge in [-0.25, -0.2) is 22.2 Å². The Morgan fingerprint density at radius 1 is 1.27 bits per heavy atom. The van der Waals surface area contributed by atoms with Gasteiger partial charge in [-0.1, -0.05) is 12.1 Å². The summed E-state index contributed by atoms with van der Waals surface area (Å²) in [6.45, 7) is 1.96. The van der Waals surface area contributed by atoms with Gasteiger partial charge < -0.3 is 4.98 Å². The third-order valence-electron chi connectivity index (χ3n) is 5.84. The normalized spacial score (nSPS) is 20.8. The van der Waals surface area contributed by atoms with Crippen molar-refractivity contribution in [3.8, 4) is 0 Å². The molecule has 0 spiro atoms. The van der Waals surface area contributed by atoms with Crippen molar-refractivity contribution in [2.75, 3.05) is 25.9 Å². The molecule has 0 saturated carbocycles. The Balaban J connectivity index is 1.52. The molecule has 4 rings (SSSR count). The molecule has 1 saturated heterocycles. The average molecular weight is 439 g/mol. The van der Waals surface area contributed by atoms with E-state index >= 15 is 0 Å². The predicted molar refractivity (Wildman–Crippen MR) is 107 cm³/mol. The SMILES string of the molecule is CS(=O)(=O)N1CCc2nc([C@@H]3CCCN(Cc4cccc(F)c4F)C3)[nH]c(=O)c2C1. The van der Waals surface area contributed by atoms with E-state index in [1.165, 1.54) is 10.4 Å². The molecule has 1 fully saturated rings. The van der Waals surface area contributed by atoms with Gasteiger partial charge in [0.2, 0.25) is 10.0 Å². The lowest BCUT2D eigenvalue weighted by molar-refractivity contribution is 0.193. The summed E-state index contributed by atoms with van der Waals surface area (Å²) in [5.41, 5.74) is 1.03. The van der Waals surface area contributed by atoms with E-state index in [4.69, 9.17) is 0 Å². The highest BCUT2D eigenvalue weighted by Crippen LogP contribution is 2.27. The molecule has 1 aromatic carbocycles. The van der Waals surface area contributed by atoms with Crippen LogP contribution in [-0.2, 0) is 29.5 Å². The number of likely N-dealkylation sites (tertiary alicyclic amines) is 1. The van der Waals surface area contributed by atoms with Crippen LogP contribution in [0, 0.1) is 11.6 Å². The van der Waals surface area contributed by atoms with E-state index in [9.17, 15) is 22.0 Å². The van der Waals surface area contributed by atoms with Crippen molar-refractivity contribution in [2.24, 2.45) is 0 Å². The Kier molecular flexibility index (Phi) is 5.73. The van der Waals surface area contributed by atoms with Gasteiger partial charge in [0, 0.05) is 44.1 Å². The van der Waals surface area contributed by atoms with Crippen molar-refractivity contribution in [1.82, 2.24) is 19.2 Å². The van der Waals surface area contributed by atoms with Gasteiger partial charge in [0.25, 0.3) is 5.56 Å². The van der Waals surface area contributed by atoms with Gasteiger partial charge in [-0.05, 0) is 25.5 Å². The molecule has 0 unspecified atom stereocenters. The van der Waals surface area contributed by atoms with E-state index in [1.54, 1.807) is 6.07 Å². The van der Waals surface area contributed by atoms with Crippen LogP contribution >= 0.6 is 0 Å². The number of nitrogens with one attached hydrogen (secondary N) is 1. The standard InChI is InChI=1S/C20H24F2N4O3S/c1-30(28,29)26-9-7-17-15(12-26)20(27)24-19(23-17)14-5-3-8-25(11-14)10-13-4-2-6-16(21)18(13)22/h2,4,6,14H,3,5,7-12H2,1H3,(H,23,24,27)/t14-/m1/s1. The number of hydrogen-bond acceptors (Lipinski definition) is 5.